The minimum Gasteiger partial charge on any atom is -0.401 e. The lowest BCUT2D eigenvalue weighted by atomic mass is 10.4. The van der Waals surface area contributed by atoms with Crippen molar-refractivity contribution >= 4 is 37.7 Å². The molecule has 2 N–H and O–H groups in total. The number of rotatable bonds is 1. The molecule has 0 spiro atoms. The number of pyridine rings is 1. The first kappa shape index (κ1) is 11.6. The summed E-state index contributed by atoms with van der Waals surface area (Å²) in [5.74, 6) is -0.885. The Morgan fingerprint density at radius 1 is 1.36 bits per heavy atom. The van der Waals surface area contributed by atoms with E-state index in [0.29, 0.717) is 4.47 Å². The van der Waals surface area contributed by atoms with Crippen molar-refractivity contribution in [1.82, 2.24) is 4.98 Å². The highest BCUT2D eigenvalue weighted by Crippen LogP contribution is 2.38. The van der Waals surface area contributed by atoms with Crippen LogP contribution in [0.2, 0.25) is 0 Å². The smallest absolute Gasteiger partial charge is 0.401 e. The summed E-state index contributed by atoms with van der Waals surface area (Å²) in [4.78, 5) is 3.50. The molecule has 0 atom stereocenters. The van der Waals surface area contributed by atoms with E-state index in [-0.39, 0.29) is 10.3 Å². The Hall–Kier alpha value is -0.500. The fourth-order valence-corrected chi connectivity index (χ4v) is 1.34. The van der Waals surface area contributed by atoms with Crippen LogP contribution in [0.3, 0.4) is 0 Å². The third-order valence-corrected chi connectivity index (χ3v) is 3.10. The highest BCUT2D eigenvalue weighted by Gasteiger charge is 2.33. The first-order valence-corrected chi connectivity index (χ1v) is 4.75. The summed E-state index contributed by atoms with van der Waals surface area (Å²) >= 11 is 5.87. The Labute approximate surface area is 93.7 Å². The number of nitrogens with two attached hydrogens (primary N) is 1. The van der Waals surface area contributed by atoms with Crippen LogP contribution >= 0.6 is 31.9 Å². The van der Waals surface area contributed by atoms with E-state index in [4.69, 9.17) is 5.73 Å². The number of halogens is 5. The van der Waals surface area contributed by atoms with Crippen LogP contribution in [-0.4, -0.2) is 11.3 Å². The zero-order valence-electron chi connectivity index (χ0n) is 6.40. The number of aromatic nitrogens is 1. The largest absolute Gasteiger partial charge is 0.573 e. The summed E-state index contributed by atoms with van der Waals surface area (Å²) in [7, 11) is 0. The number of hydrogen-bond donors (Lipinski definition) is 1. The molecule has 0 amide bonds. The average Bonchev–Trinajstić information content (AvgIpc) is 2.04. The van der Waals surface area contributed by atoms with E-state index >= 15 is 0 Å². The summed E-state index contributed by atoms with van der Waals surface area (Å²) in [6.45, 7) is 0. The summed E-state index contributed by atoms with van der Waals surface area (Å²) in [5.41, 5.74) is 5.21. The van der Waals surface area contributed by atoms with Crippen LogP contribution in [0, 0.1) is 0 Å². The summed E-state index contributed by atoms with van der Waals surface area (Å²) in [6, 6.07) is 0. The molecule has 0 aliphatic rings. The second-order valence-electron chi connectivity index (χ2n) is 2.18. The van der Waals surface area contributed by atoms with Crippen molar-refractivity contribution in [3.05, 3.63) is 15.1 Å². The molecular formula is C6H3Br2F3N2O. The van der Waals surface area contributed by atoms with Gasteiger partial charge in [0.05, 0.1) is 8.95 Å². The maximum Gasteiger partial charge on any atom is 0.573 e. The van der Waals surface area contributed by atoms with Crippen LogP contribution in [0.5, 0.6) is 5.75 Å². The minimum atomic E-state index is -4.79. The van der Waals surface area contributed by atoms with Gasteiger partial charge >= 0.3 is 6.36 Å². The topological polar surface area (TPSA) is 48.1 Å². The van der Waals surface area contributed by atoms with E-state index < -0.39 is 12.1 Å². The van der Waals surface area contributed by atoms with Gasteiger partial charge in [0.25, 0.3) is 0 Å². The van der Waals surface area contributed by atoms with E-state index in [2.05, 4.69) is 41.6 Å². The Morgan fingerprint density at radius 3 is 2.43 bits per heavy atom. The maximum atomic E-state index is 11.9. The van der Waals surface area contributed by atoms with Gasteiger partial charge in [-0.05, 0) is 31.9 Å². The van der Waals surface area contributed by atoms with E-state index in [9.17, 15) is 13.2 Å². The quantitative estimate of drug-likeness (QED) is 0.858. The van der Waals surface area contributed by atoms with Crippen LogP contribution in [0.1, 0.15) is 0 Å². The molecular weight excluding hydrogens is 333 g/mol. The Balaban J connectivity index is 3.13. The SMILES string of the molecule is Nc1ncc(Br)c(Br)c1OC(F)(F)F. The first-order valence-electron chi connectivity index (χ1n) is 3.16. The number of ether oxygens (including phenoxy) is 1. The zero-order valence-corrected chi connectivity index (χ0v) is 9.57. The lowest BCUT2D eigenvalue weighted by molar-refractivity contribution is -0.274. The molecule has 0 saturated carbocycles. The van der Waals surface area contributed by atoms with Crippen molar-refractivity contribution < 1.29 is 17.9 Å². The molecule has 0 aromatic carbocycles. The highest BCUT2D eigenvalue weighted by molar-refractivity contribution is 9.13. The Bertz CT molecular complexity index is 356. The molecule has 1 aromatic heterocycles. The molecule has 0 unspecified atom stereocenters. The standard InChI is InChI=1S/C6H3Br2F3N2O/c7-2-1-13-5(12)4(3(2)8)14-6(9,10)11/h1H,(H2,12,13). The van der Waals surface area contributed by atoms with Crippen LogP contribution in [0.4, 0.5) is 19.0 Å². The van der Waals surface area contributed by atoms with E-state index in [1.807, 2.05) is 0 Å². The molecule has 1 heterocycles. The van der Waals surface area contributed by atoms with E-state index in [1.54, 1.807) is 0 Å². The van der Waals surface area contributed by atoms with Crippen molar-refractivity contribution in [2.24, 2.45) is 0 Å². The second-order valence-corrected chi connectivity index (χ2v) is 3.83. The number of nitrogen functional groups attached to an aromatic ring is 1. The van der Waals surface area contributed by atoms with Gasteiger partial charge in [-0.25, -0.2) is 4.98 Å². The molecule has 3 nitrogen and oxygen atoms in total. The fraction of sp³-hybridized carbons (Fsp3) is 0.167. The van der Waals surface area contributed by atoms with Gasteiger partial charge in [0.2, 0.25) is 0 Å². The first-order chi connectivity index (χ1) is 6.31. The maximum absolute atomic E-state index is 11.9. The van der Waals surface area contributed by atoms with Gasteiger partial charge in [0.1, 0.15) is 0 Å². The highest BCUT2D eigenvalue weighted by atomic mass is 79.9. The minimum absolute atomic E-state index is 0.0716. The molecule has 8 heteroatoms. The predicted octanol–water partition coefficient (Wildman–Crippen LogP) is 3.09. The normalized spacial score (nSPS) is 11.5. The third kappa shape index (κ3) is 2.74. The van der Waals surface area contributed by atoms with Gasteiger partial charge in [-0.3, -0.25) is 0 Å². The van der Waals surface area contributed by atoms with Gasteiger partial charge in [0.15, 0.2) is 11.6 Å². The molecule has 78 valence electrons. The van der Waals surface area contributed by atoms with Crippen LogP contribution in [-0.2, 0) is 0 Å². The van der Waals surface area contributed by atoms with Crippen molar-refractivity contribution in [2.45, 2.75) is 6.36 Å². The molecule has 0 fully saturated rings. The zero-order chi connectivity index (χ0) is 10.9. The third-order valence-electron chi connectivity index (χ3n) is 1.18. The molecule has 0 saturated heterocycles. The molecule has 1 rings (SSSR count). The van der Waals surface area contributed by atoms with Gasteiger partial charge in [0, 0.05) is 6.20 Å². The lowest BCUT2D eigenvalue weighted by Crippen LogP contribution is -2.18. The van der Waals surface area contributed by atoms with Crippen molar-refractivity contribution in [2.75, 3.05) is 5.73 Å². The molecule has 0 aliphatic heterocycles. The van der Waals surface area contributed by atoms with Crippen molar-refractivity contribution in [3.63, 3.8) is 0 Å². The number of alkyl halides is 3. The summed E-state index contributed by atoms with van der Waals surface area (Å²) in [6.07, 6.45) is -3.53. The Kier molecular flexibility index (Phi) is 3.25. The molecule has 1 aromatic rings. The molecule has 14 heavy (non-hydrogen) atoms. The second kappa shape index (κ2) is 3.93. The summed E-state index contributed by atoms with van der Waals surface area (Å²) < 4.78 is 39.8. The van der Waals surface area contributed by atoms with Gasteiger partial charge < -0.3 is 10.5 Å². The molecule has 0 aliphatic carbocycles. The van der Waals surface area contributed by atoms with Crippen LogP contribution in [0.15, 0.2) is 15.1 Å². The average molecular weight is 336 g/mol. The predicted molar refractivity (Wildman–Crippen MR) is 50.7 cm³/mol. The van der Waals surface area contributed by atoms with Gasteiger partial charge in [-0.15, -0.1) is 13.2 Å². The molecule has 0 bridgehead atoms. The van der Waals surface area contributed by atoms with Gasteiger partial charge in [-0.2, -0.15) is 0 Å². The molecule has 0 radical (unpaired) electrons. The van der Waals surface area contributed by atoms with E-state index in [0.717, 1.165) is 0 Å². The number of hydrogen-bond acceptors (Lipinski definition) is 3. The fourth-order valence-electron chi connectivity index (χ4n) is 0.675. The van der Waals surface area contributed by atoms with Gasteiger partial charge in [-0.1, -0.05) is 0 Å². The van der Waals surface area contributed by atoms with Crippen LogP contribution < -0.4 is 10.5 Å². The number of nitrogens with zero attached hydrogens (tertiary/aromatic N) is 1. The van der Waals surface area contributed by atoms with Crippen LogP contribution in [0.25, 0.3) is 0 Å². The Morgan fingerprint density at radius 2 is 1.93 bits per heavy atom. The monoisotopic (exact) mass is 334 g/mol. The van der Waals surface area contributed by atoms with Crippen molar-refractivity contribution in [1.29, 1.82) is 0 Å². The lowest BCUT2D eigenvalue weighted by Gasteiger charge is -2.12. The van der Waals surface area contributed by atoms with E-state index in [1.165, 1.54) is 6.20 Å². The van der Waals surface area contributed by atoms with Crippen molar-refractivity contribution in [3.8, 4) is 5.75 Å². The summed E-state index contributed by atoms with van der Waals surface area (Å²) in [5, 5.41) is 0. The number of anilines is 1.